The van der Waals surface area contributed by atoms with E-state index in [1.54, 1.807) is 26.0 Å². The van der Waals surface area contributed by atoms with Crippen LogP contribution in [0.4, 0.5) is 10.2 Å². The van der Waals surface area contributed by atoms with Crippen molar-refractivity contribution in [2.75, 3.05) is 5.73 Å². The van der Waals surface area contributed by atoms with Crippen LogP contribution in [0.5, 0.6) is 0 Å². The number of aliphatic hydroxyl groups is 1. The lowest BCUT2D eigenvalue weighted by Crippen LogP contribution is -2.14. The molecular formula is C19H21ClFN5O. The second-order valence-corrected chi connectivity index (χ2v) is 6.51. The Bertz CT molecular complexity index is 1030. The average Bonchev–Trinajstić information content (AvgIpc) is 2.92. The lowest BCUT2D eigenvalue weighted by atomic mass is 10.1. The monoisotopic (exact) mass is 389 g/mol. The fourth-order valence-electron chi connectivity index (χ4n) is 2.57. The molecule has 2 aromatic heterocycles. The number of anilines is 1. The molecule has 142 valence electrons. The molecule has 0 unspecified atom stereocenters. The highest BCUT2D eigenvalue weighted by molar-refractivity contribution is 5.86. The normalized spacial score (nSPS) is 11.0. The summed E-state index contributed by atoms with van der Waals surface area (Å²) in [6, 6.07) is 6.23. The summed E-state index contributed by atoms with van der Waals surface area (Å²) in [4.78, 5) is 13.2. The van der Waals surface area contributed by atoms with Crippen molar-refractivity contribution in [3.8, 4) is 23.2 Å². The first kappa shape index (κ1) is 20.6. The summed E-state index contributed by atoms with van der Waals surface area (Å²) >= 11 is 0. The fourth-order valence-corrected chi connectivity index (χ4v) is 2.57. The Labute approximate surface area is 163 Å². The Hall–Kier alpha value is -2.69. The highest BCUT2D eigenvalue weighted by atomic mass is 35.5. The summed E-state index contributed by atoms with van der Waals surface area (Å²) < 4.78 is 15.5. The van der Waals surface area contributed by atoms with E-state index in [1.807, 2.05) is 11.5 Å². The zero-order chi connectivity index (χ0) is 18.9. The first-order chi connectivity index (χ1) is 12.3. The summed E-state index contributed by atoms with van der Waals surface area (Å²) in [5, 5.41) is 9.77. The van der Waals surface area contributed by atoms with E-state index in [4.69, 9.17) is 5.73 Å². The number of rotatable bonds is 3. The molecule has 0 saturated carbocycles. The van der Waals surface area contributed by atoms with Crippen molar-refractivity contribution in [1.29, 1.82) is 0 Å². The van der Waals surface area contributed by atoms with Gasteiger partial charge in [-0.1, -0.05) is 25.0 Å². The molecule has 3 rings (SSSR count). The van der Waals surface area contributed by atoms with Crippen molar-refractivity contribution in [2.24, 2.45) is 0 Å². The Morgan fingerprint density at radius 3 is 2.63 bits per heavy atom. The molecule has 0 amide bonds. The number of aryl methyl sites for hydroxylation is 1. The molecule has 0 atom stereocenters. The molecule has 2 heterocycles. The van der Waals surface area contributed by atoms with Crippen LogP contribution in [0.25, 0.3) is 22.6 Å². The number of nitrogens with zero attached hydrogens (tertiary/aromatic N) is 4. The van der Waals surface area contributed by atoms with E-state index in [0.29, 0.717) is 29.1 Å². The van der Waals surface area contributed by atoms with E-state index >= 15 is 0 Å². The molecule has 8 heteroatoms. The zero-order valence-corrected chi connectivity index (χ0v) is 16.1. The smallest absolute Gasteiger partial charge is 0.209 e. The molecule has 0 aliphatic carbocycles. The van der Waals surface area contributed by atoms with Gasteiger partial charge in [-0.25, -0.2) is 19.3 Å². The Kier molecular flexibility index (Phi) is 6.04. The van der Waals surface area contributed by atoms with Gasteiger partial charge in [-0.15, -0.1) is 12.4 Å². The third-order valence-corrected chi connectivity index (χ3v) is 3.63. The van der Waals surface area contributed by atoms with Crippen molar-refractivity contribution in [1.82, 2.24) is 19.5 Å². The second kappa shape index (κ2) is 7.91. The minimum absolute atomic E-state index is 0. The zero-order valence-electron chi connectivity index (χ0n) is 15.3. The minimum atomic E-state index is -1.16. The first-order valence-corrected chi connectivity index (χ1v) is 8.33. The number of hydrogen-bond donors (Lipinski definition) is 2. The van der Waals surface area contributed by atoms with Gasteiger partial charge < -0.3 is 15.4 Å². The summed E-state index contributed by atoms with van der Waals surface area (Å²) in [5.74, 6) is 6.06. The van der Waals surface area contributed by atoms with Crippen LogP contribution in [0.1, 0.15) is 33.0 Å². The van der Waals surface area contributed by atoms with Crippen LogP contribution >= 0.6 is 12.4 Å². The summed E-state index contributed by atoms with van der Waals surface area (Å²) in [6.45, 7) is 5.81. The Morgan fingerprint density at radius 1 is 1.26 bits per heavy atom. The van der Waals surface area contributed by atoms with Crippen LogP contribution in [-0.4, -0.2) is 30.2 Å². The van der Waals surface area contributed by atoms with E-state index in [-0.39, 0.29) is 29.9 Å². The Balaban J connectivity index is 0.00000261. The van der Waals surface area contributed by atoms with Gasteiger partial charge in [-0.3, -0.25) is 0 Å². The van der Waals surface area contributed by atoms with Crippen LogP contribution in [0.15, 0.2) is 24.3 Å². The van der Waals surface area contributed by atoms with Gasteiger partial charge in [0, 0.05) is 12.1 Å². The van der Waals surface area contributed by atoms with Crippen molar-refractivity contribution in [2.45, 2.75) is 39.3 Å². The van der Waals surface area contributed by atoms with Gasteiger partial charge in [0.15, 0.2) is 17.0 Å². The quantitative estimate of drug-likeness (QED) is 0.671. The first-order valence-electron chi connectivity index (χ1n) is 8.33. The van der Waals surface area contributed by atoms with Gasteiger partial charge in [-0.2, -0.15) is 0 Å². The molecule has 0 bridgehead atoms. The largest absolute Gasteiger partial charge is 0.382 e. The molecule has 0 aliphatic heterocycles. The standard InChI is InChI=1S/C19H20FN5O.ClH/c1-4-10-25-17(12-6-5-7-13(20)11-12)24-15-16(21)22-14(23-18(15)25)8-9-19(2,3)26;/h5-7,11,26H,4,10H2,1-3H3,(H2,21,22,23);1H. The molecule has 0 saturated heterocycles. The highest BCUT2D eigenvalue weighted by Gasteiger charge is 2.17. The summed E-state index contributed by atoms with van der Waals surface area (Å²) in [7, 11) is 0. The summed E-state index contributed by atoms with van der Waals surface area (Å²) in [6.07, 6.45) is 0.836. The highest BCUT2D eigenvalue weighted by Crippen LogP contribution is 2.27. The van der Waals surface area contributed by atoms with E-state index < -0.39 is 5.60 Å². The van der Waals surface area contributed by atoms with E-state index in [0.717, 1.165) is 6.42 Å². The fraction of sp³-hybridized carbons (Fsp3) is 0.316. The molecule has 0 spiro atoms. The van der Waals surface area contributed by atoms with Crippen LogP contribution in [0.2, 0.25) is 0 Å². The number of nitrogens with two attached hydrogens (primary N) is 1. The van der Waals surface area contributed by atoms with E-state index in [1.165, 1.54) is 12.1 Å². The third kappa shape index (κ3) is 4.54. The van der Waals surface area contributed by atoms with Gasteiger partial charge >= 0.3 is 0 Å². The van der Waals surface area contributed by atoms with Crippen LogP contribution in [-0.2, 0) is 6.54 Å². The molecule has 27 heavy (non-hydrogen) atoms. The number of nitrogen functional groups attached to an aromatic ring is 1. The van der Waals surface area contributed by atoms with E-state index in [2.05, 4.69) is 26.8 Å². The maximum Gasteiger partial charge on any atom is 0.209 e. The van der Waals surface area contributed by atoms with Crippen molar-refractivity contribution < 1.29 is 9.50 Å². The molecule has 3 N–H and O–H groups in total. The molecule has 1 aromatic carbocycles. The predicted molar refractivity (Wildman–Crippen MR) is 106 cm³/mol. The molecule has 6 nitrogen and oxygen atoms in total. The molecule has 0 radical (unpaired) electrons. The van der Waals surface area contributed by atoms with Crippen LogP contribution < -0.4 is 5.73 Å². The number of aromatic nitrogens is 4. The topological polar surface area (TPSA) is 89.9 Å². The van der Waals surface area contributed by atoms with Crippen molar-refractivity contribution >= 4 is 29.4 Å². The number of fused-ring (bicyclic) bond motifs is 1. The summed E-state index contributed by atoms with van der Waals surface area (Å²) in [5.41, 5.74) is 6.52. The number of hydrogen-bond acceptors (Lipinski definition) is 5. The van der Waals surface area contributed by atoms with Crippen molar-refractivity contribution in [3.63, 3.8) is 0 Å². The molecular weight excluding hydrogens is 369 g/mol. The molecule has 0 fully saturated rings. The molecule has 0 aliphatic rings. The number of imidazole rings is 1. The Morgan fingerprint density at radius 2 is 2.00 bits per heavy atom. The average molecular weight is 390 g/mol. The minimum Gasteiger partial charge on any atom is -0.382 e. The van der Waals surface area contributed by atoms with Gasteiger partial charge in [0.1, 0.15) is 17.2 Å². The van der Waals surface area contributed by atoms with Crippen molar-refractivity contribution in [3.05, 3.63) is 35.9 Å². The lowest BCUT2D eigenvalue weighted by molar-refractivity contribution is 0.143. The maximum absolute atomic E-state index is 13.6. The van der Waals surface area contributed by atoms with Gasteiger partial charge in [0.05, 0.1) is 0 Å². The van der Waals surface area contributed by atoms with Gasteiger partial charge in [-0.05, 0) is 38.3 Å². The molecule has 3 aromatic rings. The second-order valence-electron chi connectivity index (χ2n) is 6.51. The van der Waals surface area contributed by atoms with Crippen LogP contribution in [0.3, 0.4) is 0 Å². The SMILES string of the molecule is CCCn1c(-c2cccc(F)c2)nc2c(N)nc(C#CC(C)(C)O)nc21.Cl. The maximum atomic E-state index is 13.6. The van der Waals surface area contributed by atoms with Gasteiger partial charge in [0.25, 0.3) is 0 Å². The third-order valence-electron chi connectivity index (χ3n) is 3.63. The number of halogens is 2. The van der Waals surface area contributed by atoms with Gasteiger partial charge in [0.2, 0.25) is 5.82 Å². The lowest BCUT2D eigenvalue weighted by Gasteiger charge is -2.08. The van der Waals surface area contributed by atoms with Crippen LogP contribution in [0, 0.1) is 17.7 Å². The van der Waals surface area contributed by atoms with E-state index in [9.17, 15) is 9.50 Å². The number of benzene rings is 1. The predicted octanol–water partition coefficient (Wildman–Crippen LogP) is 3.17.